The zero-order valence-electron chi connectivity index (χ0n) is 10.4. The maximum absolute atomic E-state index is 2.76. The summed E-state index contributed by atoms with van der Waals surface area (Å²) >= 11 is 0. The normalized spacial score (nSPS) is 38.6. The van der Waals surface area contributed by atoms with E-state index in [2.05, 4.69) is 39.5 Å². The van der Waals surface area contributed by atoms with Crippen LogP contribution in [-0.4, -0.2) is 22.5 Å². The number of fused-ring (bicyclic) bond motifs is 2. The molecule has 3 rings (SSSR count). The van der Waals surface area contributed by atoms with Crippen LogP contribution in [0.2, 0.25) is 0 Å². The van der Waals surface area contributed by atoms with Crippen LogP contribution in [0.4, 0.5) is 0 Å². The summed E-state index contributed by atoms with van der Waals surface area (Å²) in [5.74, 6) is 1.89. The van der Waals surface area contributed by atoms with Gasteiger partial charge in [-0.05, 0) is 51.9 Å². The van der Waals surface area contributed by atoms with Gasteiger partial charge in [-0.1, -0.05) is 13.8 Å². The molecule has 2 atom stereocenters. The molecule has 0 aromatic rings. The van der Waals surface area contributed by atoms with E-state index >= 15 is 0 Å². The molecule has 0 radical (unpaired) electrons. The average Bonchev–Trinajstić information content (AvgIpc) is 2.00. The van der Waals surface area contributed by atoms with Gasteiger partial charge in [-0.25, -0.2) is 0 Å². The molecular formula is C13H25N. The van der Waals surface area contributed by atoms with E-state index in [0.717, 1.165) is 23.9 Å². The average molecular weight is 195 g/mol. The van der Waals surface area contributed by atoms with E-state index in [9.17, 15) is 0 Å². The van der Waals surface area contributed by atoms with Gasteiger partial charge < -0.3 is 0 Å². The van der Waals surface area contributed by atoms with E-state index in [1.165, 1.54) is 19.3 Å². The van der Waals surface area contributed by atoms with Gasteiger partial charge in [-0.15, -0.1) is 0 Å². The van der Waals surface area contributed by atoms with E-state index in [1.54, 1.807) is 0 Å². The lowest BCUT2D eigenvalue weighted by Crippen LogP contribution is -2.67. The van der Waals surface area contributed by atoms with Crippen molar-refractivity contribution in [2.45, 2.75) is 71.5 Å². The molecule has 0 aromatic heterocycles. The number of hydrogen-bond acceptors (Lipinski definition) is 1. The number of nitrogens with zero attached hydrogens (tertiary/aromatic N) is 1. The summed E-state index contributed by atoms with van der Waals surface area (Å²) in [4.78, 5) is 2.76. The fraction of sp³-hybridized carbons (Fsp3) is 1.00. The summed E-state index contributed by atoms with van der Waals surface area (Å²) in [5, 5.41) is 0. The van der Waals surface area contributed by atoms with E-state index in [4.69, 9.17) is 0 Å². The Kier molecular flexibility index (Phi) is 2.42. The van der Waals surface area contributed by atoms with Crippen molar-refractivity contribution in [3.63, 3.8) is 0 Å². The molecule has 2 aliphatic heterocycles. The first-order chi connectivity index (χ1) is 6.39. The van der Waals surface area contributed by atoms with Crippen LogP contribution in [0.3, 0.4) is 0 Å². The number of piperidine rings is 1. The molecular weight excluding hydrogens is 170 g/mol. The lowest BCUT2D eigenvalue weighted by molar-refractivity contribution is -0.114. The van der Waals surface area contributed by atoms with Crippen LogP contribution in [0.5, 0.6) is 0 Å². The van der Waals surface area contributed by atoms with Gasteiger partial charge in [-0.2, -0.15) is 0 Å². The Hall–Kier alpha value is -0.0400. The van der Waals surface area contributed by atoms with Crippen molar-refractivity contribution in [1.29, 1.82) is 0 Å². The fourth-order valence-corrected chi connectivity index (χ4v) is 3.56. The molecule has 14 heavy (non-hydrogen) atoms. The topological polar surface area (TPSA) is 3.24 Å². The van der Waals surface area contributed by atoms with Gasteiger partial charge in [-0.3, -0.25) is 4.90 Å². The molecule has 1 nitrogen and oxygen atoms in total. The largest absolute Gasteiger partial charge is 0.292 e. The Morgan fingerprint density at radius 2 is 1.50 bits per heavy atom. The molecule has 0 spiro atoms. The zero-order chi connectivity index (χ0) is 10.5. The minimum atomic E-state index is 0.398. The second-order valence-electron chi connectivity index (χ2n) is 6.60. The molecule has 82 valence electrons. The van der Waals surface area contributed by atoms with Crippen molar-refractivity contribution in [2.24, 2.45) is 11.8 Å². The highest BCUT2D eigenvalue weighted by molar-refractivity contribution is 5.04. The van der Waals surface area contributed by atoms with Crippen molar-refractivity contribution in [2.75, 3.05) is 0 Å². The Balaban J connectivity index is 2.00. The lowest BCUT2D eigenvalue weighted by Gasteiger charge is -2.61. The highest BCUT2D eigenvalue weighted by atomic mass is 15.3. The molecule has 3 fully saturated rings. The second-order valence-corrected chi connectivity index (χ2v) is 6.60. The summed E-state index contributed by atoms with van der Waals surface area (Å²) in [6.07, 6.45) is 4.37. The van der Waals surface area contributed by atoms with Crippen LogP contribution in [-0.2, 0) is 0 Å². The quantitative estimate of drug-likeness (QED) is 0.620. The van der Waals surface area contributed by atoms with E-state index in [-0.39, 0.29) is 0 Å². The molecule has 2 saturated heterocycles. The third-order valence-electron chi connectivity index (χ3n) is 4.20. The SMILES string of the molecule is CC(C)C1CC2CC(C1)N2C(C)(C)C. The van der Waals surface area contributed by atoms with Crippen molar-refractivity contribution in [3.05, 3.63) is 0 Å². The third-order valence-corrected chi connectivity index (χ3v) is 4.20. The van der Waals surface area contributed by atoms with Crippen LogP contribution < -0.4 is 0 Å². The van der Waals surface area contributed by atoms with Crippen LogP contribution in [0.1, 0.15) is 53.9 Å². The van der Waals surface area contributed by atoms with E-state index in [1.807, 2.05) is 0 Å². The molecule has 1 heteroatoms. The molecule has 2 unspecified atom stereocenters. The first-order valence-electron chi connectivity index (χ1n) is 6.18. The van der Waals surface area contributed by atoms with Crippen molar-refractivity contribution >= 4 is 0 Å². The van der Waals surface area contributed by atoms with Crippen LogP contribution in [0.15, 0.2) is 0 Å². The van der Waals surface area contributed by atoms with Gasteiger partial charge in [0.15, 0.2) is 0 Å². The predicted octanol–water partition coefficient (Wildman–Crippen LogP) is 3.29. The van der Waals surface area contributed by atoms with Crippen molar-refractivity contribution in [1.82, 2.24) is 4.90 Å². The highest BCUT2D eigenvalue weighted by Crippen LogP contribution is 2.47. The molecule has 0 N–H and O–H groups in total. The molecule has 2 bridgehead atoms. The zero-order valence-corrected chi connectivity index (χ0v) is 10.4. The number of rotatable bonds is 1. The maximum Gasteiger partial charge on any atom is 0.0130 e. The fourth-order valence-electron chi connectivity index (χ4n) is 3.56. The van der Waals surface area contributed by atoms with Crippen LogP contribution >= 0.6 is 0 Å². The van der Waals surface area contributed by atoms with Crippen molar-refractivity contribution < 1.29 is 0 Å². The predicted molar refractivity (Wildman–Crippen MR) is 61.3 cm³/mol. The number of hydrogen-bond donors (Lipinski definition) is 0. The summed E-state index contributed by atoms with van der Waals surface area (Å²) in [6.45, 7) is 11.9. The highest BCUT2D eigenvalue weighted by Gasteiger charge is 2.49. The standard InChI is InChI=1S/C13H25N/c1-9(2)10-6-11-8-12(7-10)14(11)13(3,4)5/h9-12H,6-8H2,1-5H3. The molecule has 0 aromatic carbocycles. The van der Waals surface area contributed by atoms with Crippen molar-refractivity contribution in [3.8, 4) is 0 Å². The van der Waals surface area contributed by atoms with Gasteiger partial charge in [0.1, 0.15) is 0 Å². The van der Waals surface area contributed by atoms with Crippen LogP contribution in [0, 0.1) is 11.8 Å². The minimum absolute atomic E-state index is 0.398. The third kappa shape index (κ3) is 1.60. The van der Waals surface area contributed by atoms with Gasteiger partial charge in [0.05, 0.1) is 0 Å². The summed E-state index contributed by atoms with van der Waals surface area (Å²) in [6, 6.07) is 1.81. The maximum atomic E-state index is 2.76. The molecule has 1 saturated carbocycles. The Morgan fingerprint density at radius 3 is 1.86 bits per heavy atom. The monoisotopic (exact) mass is 195 g/mol. The second kappa shape index (κ2) is 3.23. The Morgan fingerprint density at radius 1 is 1.00 bits per heavy atom. The van der Waals surface area contributed by atoms with Gasteiger partial charge in [0, 0.05) is 17.6 Å². The summed E-state index contributed by atoms with van der Waals surface area (Å²) < 4.78 is 0. The first kappa shape index (κ1) is 10.5. The first-order valence-corrected chi connectivity index (χ1v) is 6.18. The molecule has 0 amide bonds. The van der Waals surface area contributed by atoms with E-state index in [0.29, 0.717) is 5.54 Å². The minimum Gasteiger partial charge on any atom is -0.292 e. The molecule has 1 aliphatic carbocycles. The van der Waals surface area contributed by atoms with Gasteiger partial charge in [0.2, 0.25) is 0 Å². The smallest absolute Gasteiger partial charge is 0.0130 e. The van der Waals surface area contributed by atoms with Gasteiger partial charge >= 0.3 is 0 Å². The van der Waals surface area contributed by atoms with Gasteiger partial charge in [0.25, 0.3) is 0 Å². The Bertz CT molecular complexity index is 202. The van der Waals surface area contributed by atoms with E-state index < -0.39 is 0 Å². The summed E-state index contributed by atoms with van der Waals surface area (Å²) in [7, 11) is 0. The van der Waals surface area contributed by atoms with Crippen LogP contribution in [0.25, 0.3) is 0 Å². The summed E-state index contributed by atoms with van der Waals surface area (Å²) in [5.41, 5.74) is 0.398. The Labute approximate surface area is 88.9 Å². The molecule has 3 aliphatic rings. The molecule has 2 heterocycles. The lowest BCUT2D eigenvalue weighted by atomic mass is 9.68.